The summed E-state index contributed by atoms with van der Waals surface area (Å²) in [5.41, 5.74) is 2.08. The summed E-state index contributed by atoms with van der Waals surface area (Å²) in [6, 6.07) is 15.0. The van der Waals surface area contributed by atoms with Crippen LogP contribution >= 0.6 is 23.2 Å². The van der Waals surface area contributed by atoms with Crippen molar-refractivity contribution in [3.8, 4) is 0 Å². The molecule has 174 valence electrons. The maximum absolute atomic E-state index is 12.7. The fraction of sp³-hybridized carbons (Fsp3) is 0.292. The number of hydrogen-bond acceptors (Lipinski definition) is 5. The van der Waals surface area contributed by atoms with Gasteiger partial charge in [0.05, 0.1) is 13.0 Å². The predicted octanol–water partition coefficient (Wildman–Crippen LogP) is 3.82. The van der Waals surface area contributed by atoms with Crippen LogP contribution in [0.3, 0.4) is 0 Å². The lowest BCUT2D eigenvalue weighted by Gasteiger charge is -2.31. The van der Waals surface area contributed by atoms with Crippen molar-refractivity contribution in [3.63, 3.8) is 0 Å². The largest absolute Gasteiger partial charge is 0.342 e. The van der Waals surface area contributed by atoms with E-state index in [1.807, 2.05) is 41.3 Å². The number of nitrogens with one attached hydrogen (secondary N) is 1. The minimum Gasteiger partial charge on any atom is -0.342 e. The van der Waals surface area contributed by atoms with E-state index in [0.29, 0.717) is 47.6 Å². The molecule has 5 rings (SSSR count). The molecule has 1 saturated heterocycles. The number of carbonyl (C=O) groups excluding carboxylic acids is 1. The van der Waals surface area contributed by atoms with Crippen molar-refractivity contribution in [3.05, 3.63) is 85.9 Å². The van der Waals surface area contributed by atoms with E-state index in [2.05, 4.69) is 15.3 Å². The van der Waals surface area contributed by atoms with Crippen LogP contribution in [0.15, 0.2) is 53.3 Å². The summed E-state index contributed by atoms with van der Waals surface area (Å²) in [6.45, 7) is 1.56. The second-order valence-corrected chi connectivity index (χ2v) is 9.27. The molecule has 2 aromatic heterocycles. The molecule has 0 radical (unpaired) electrons. The number of likely N-dealkylation sites (tertiary alicyclic amines) is 1. The summed E-state index contributed by atoms with van der Waals surface area (Å²) in [7, 11) is 0. The molecule has 2 aromatic carbocycles. The number of rotatable bonds is 5. The maximum Gasteiger partial charge on any atom is 0.281 e. The molecule has 1 N–H and O–H groups in total. The van der Waals surface area contributed by atoms with Gasteiger partial charge in [-0.25, -0.2) is 9.67 Å². The van der Waals surface area contributed by atoms with Gasteiger partial charge in [-0.2, -0.15) is 0 Å². The van der Waals surface area contributed by atoms with E-state index in [1.165, 1.54) is 0 Å². The lowest BCUT2D eigenvalue weighted by molar-refractivity contribution is -0.131. The first-order valence-corrected chi connectivity index (χ1v) is 11.8. The highest BCUT2D eigenvalue weighted by Gasteiger charge is 2.26. The SMILES string of the molecule is O=C(Cc1ccccc1)N1CCC(c2nc3c(nnn3Cc3ccc(Cl)cc3Cl)c(=O)[nH]2)CC1. The van der Waals surface area contributed by atoms with Crippen molar-refractivity contribution in [2.24, 2.45) is 0 Å². The number of hydrogen-bond donors (Lipinski definition) is 1. The quantitative estimate of drug-likeness (QED) is 0.452. The van der Waals surface area contributed by atoms with Crippen LogP contribution in [0.1, 0.15) is 35.7 Å². The highest BCUT2D eigenvalue weighted by atomic mass is 35.5. The molecule has 1 amide bonds. The Balaban J connectivity index is 1.32. The van der Waals surface area contributed by atoms with Gasteiger partial charge in [0.2, 0.25) is 5.91 Å². The lowest BCUT2D eigenvalue weighted by Crippen LogP contribution is -2.39. The zero-order chi connectivity index (χ0) is 23.7. The second kappa shape index (κ2) is 9.56. The van der Waals surface area contributed by atoms with Gasteiger partial charge in [0.15, 0.2) is 11.2 Å². The summed E-state index contributed by atoms with van der Waals surface area (Å²) in [5.74, 6) is 0.752. The number of aromatic nitrogens is 5. The Bertz CT molecular complexity index is 1390. The van der Waals surface area contributed by atoms with Crippen LogP contribution in [0.5, 0.6) is 0 Å². The molecular weight excluding hydrogens is 475 g/mol. The number of halogens is 2. The summed E-state index contributed by atoms with van der Waals surface area (Å²) in [5, 5.41) is 9.18. The van der Waals surface area contributed by atoms with E-state index in [9.17, 15) is 9.59 Å². The molecular formula is C24H22Cl2N6O2. The van der Waals surface area contributed by atoms with Crippen molar-refractivity contribution in [1.29, 1.82) is 0 Å². The van der Waals surface area contributed by atoms with Crippen LogP contribution in [-0.2, 0) is 17.8 Å². The van der Waals surface area contributed by atoms with Crippen molar-refractivity contribution >= 4 is 40.3 Å². The van der Waals surface area contributed by atoms with Gasteiger partial charge < -0.3 is 9.88 Å². The van der Waals surface area contributed by atoms with Gasteiger partial charge in [-0.1, -0.05) is 64.8 Å². The molecule has 1 aliphatic heterocycles. The fourth-order valence-electron chi connectivity index (χ4n) is 4.28. The Morgan fingerprint density at radius 3 is 2.59 bits per heavy atom. The van der Waals surface area contributed by atoms with Gasteiger partial charge in [-0.05, 0) is 36.1 Å². The molecule has 0 atom stereocenters. The van der Waals surface area contributed by atoms with Gasteiger partial charge in [0, 0.05) is 29.1 Å². The number of piperidine rings is 1. The van der Waals surface area contributed by atoms with Gasteiger partial charge in [-0.3, -0.25) is 9.59 Å². The molecule has 0 saturated carbocycles. The maximum atomic E-state index is 12.7. The Hall–Kier alpha value is -3.23. The van der Waals surface area contributed by atoms with E-state index >= 15 is 0 Å². The fourth-order valence-corrected chi connectivity index (χ4v) is 4.75. The average molecular weight is 497 g/mol. The monoisotopic (exact) mass is 496 g/mol. The van der Waals surface area contributed by atoms with Gasteiger partial charge >= 0.3 is 0 Å². The second-order valence-electron chi connectivity index (χ2n) is 8.42. The molecule has 3 heterocycles. The van der Waals surface area contributed by atoms with Gasteiger partial charge in [0.1, 0.15) is 5.82 Å². The van der Waals surface area contributed by atoms with E-state index in [-0.39, 0.29) is 22.9 Å². The number of aromatic amines is 1. The first-order chi connectivity index (χ1) is 16.5. The number of benzene rings is 2. The zero-order valence-corrected chi connectivity index (χ0v) is 19.8. The third-order valence-corrected chi connectivity index (χ3v) is 6.75. The lowest BCUT2D eigenvalue weighted by atomic mass is 9.95. The first-order valence-electron chi connectivity index (χ1n) is 11.1. The Labute approximate surface area is 205 Å². The topological polar surface area (TPSA) is 96.8 Å². The van der Waals surface area contributed by atoms with Crippen molar-refractivity contribution in [1.82, 2.24) is 29.9 Å². The van der Waals surface area contributed by atoms with Crippen LogP contribution in [0, 0.1) is 0 Å². The van der Waals surface area contributed by atoms with Crippen LogP contribution in [0.25, 0.3) is 11.2 Å². The highest BCUT2D eigenvalue weighted by molar-refractivity contribution is 6.35. The zero-order valence-electron chi connectivity index (χ0n) is 18.2. The molecule has 0 spiro atoms. The molecule has 1 aliphatic rings. The molecule has 0 unspecified atom stereocenters. The molecule has 10 heteroatoms. The van der Waals surface area contributed by atoms with Crippen LogP contribution in [-0.4, -0.2) is 48.9 Å². The van der Waals surface area contributed by atoms with Gasteiger partial charge in [0.25, 0.3) is 5.56 Å². The normalized spacial score (nSPS) is 14.6. The van der Waals surface area contributed by atoms with Crippen LogP contribution < -0.4 is 5.56 Å². The van der Waals surface area contributed by atoms with Crippen molar-refractivity contribution in [2.75, 3.05) is 13.1 Å². The third kappa shape index (κ3) is 4.69. The van der Waals surface area contributed by atoms with Crippen LogP contribution in [0.2, 0.25) is 10.0 Å². The molecule has 8 nitrogen and oxygen atoms in total. The van der Waals surface area contributed by atoms with E-state index in [4.69, 9.17) is 28.2 Å². The van der Waals surface area contributed by atoms with E-state index in [1.54, 1.807) is 16.8 Å². The Kier molecular flexibility index (Phi) is 6.34. The first kappa shape index (κ1) is 22.6. The smallest absolute Gasteiger partial charge is 0.281 e. The summed E-state index contributed by atoms with van der Waals surface area (Å²) >= 11 is 12.3. The molecule has 4 aromatic rings. The average Bonchev–Trinajstić information content (AvgIpc) is 3.25. The molecule has 1 fully saturated rings. The minimum atomic E-state index is -0.323. The summed E-state index contributed by atoms with van der Waals surface area (Å²) < 4.78 is 1.57. The third-order valence-electron chi connectivity index (χ3n) is 6.16. The minimum absolute atomic E-state index is 0.0420. The summed E-state index contributed by atoms with van der Waals surface area (Å²) in [4.78, 5) is 34.8. The number of fused-ring (bicyclic) bond motifs is 1. The Morgan fingerprint density at radius 1 is 1.09 bits per heavy atom. The number of carbonyl (C=O) groups is 1. The van der Waals surface area contributed by atoms with E-state index in [0.717, 1.165) is 24.0 Å². The van der Waals surface area contributed by atoms with Crippen molar-refractivity contribution < 1.29 is 4.79 Å². The predicted molar refractivity (Wildman–Crippen MR) is 130 cm³/mol. The molecule has 0 aliphatic carbocycles. The molecule has 0 bridgehead atoms. The summed E-state index contributed by atoms with van der Waals surface area (Å²) in [6.07, 6.45) is 1.84. The Morgan fingerprint density at radius 2 is 1.85 bits per heavy atom. The van der Waals surface area contributed by atoms with Crippen molar-refractivity contribution in [2.45, 2.75) is 31.7 Å². The molecule has 34 heavy (non-hydrogen) atoms. The number of amides is 1. The van der Waals surface area contributed by atoms with Crippen LogP contribution in [0.4, 0.5) is 0 Å². The van der Waals surface area contributed by atoms with E-state index < -0.39 is 0 Å². The van der Waals surface area contributed by atoms with Gasteiger partial charge in [-0.15, -0.1) is 5.10 Å². The highest BCUT2D eigenvalue weighted by Crippen LogP contribution is 2.27. The standard InChI is InChI=1S/C24H22Cl2N6O2/c25-18-7-6-17(19(26)13-18)14-32-23-21(29-30-32)24(34)28-22(27-23)16-8-10-31(11-9-16)20(33)12-15-4-2-1-3-5-15/h1-7,13,16H,8-12,14H2,(H,27,28,34). The number of H-pyrrole nitrogens is 1. The number of nitrogens with zero attached hydrogens (tertiary/aromatic N) is 5.